The number of nitriles is 1. The monoisotopic (exact) mass is 248 g/mol. The topological polar surface area (TPSA) is 65.7 Å². The van der Waals surface area contributed by atoms with Crippen LogP contribution in [0.4, 0.5) is 0 Å². The van der Waals surface area contributed by atoms with Gasteiger partial charge in [-0.2, -0.15) is 5.26 Å². The first-order chi connectivity index (χ1) is 8.74. The van der Waals surface area contributed by atoms with E-state index in [0.717, 1.165) is 18.5 Å². The molecule has 0 saturated heterocycles. The van der Waals surface area contributed by atoms with Gasteiger partial charge < -0.3 is 14.6 Å². The van der Waals surface area contributed by atoms with E-state index >= 15 is 0 Å². The first kappa shape index (κ1) is 12.5. The van der Waals surface area contributed by atoms with Crippen molar-refractivity contribution in [2.24, 2.45) is 0 Å². The largest absolute Gasteiger partial charge is 0.507 e. The fourth-order valence-corrected chi connectivity index (χ4v) is 1.97. The van der Waals surface area contributed by atoms with Crippen molar-refractivity contribution >= 4 is 0 Å². The van der Waals surface area contributed by atoms with Gasteiger partial charge in [0.1, 0.15) is 5.75 Å². The van der Waals surface area contributed by atoms with E-state index in [2.05, 4.69) is 13.0 Å². The van der Waals surface area contributed by atoms with Gasteiger partial charge in [0.2, 0.25) is 6.79 Å². The van der Waals surface area contributed by atoms with Gasteiger partial charge in [0.25, 0.3) is 0 Å². The van der Waals surface area contributed by atoms with Crippen LogP contribution in [-0.4, -0.2) is 29.9 Å². The van der Waals surface area contributed by atoms with Gasteiger partial charge in [-0.15, -0.1) is 0 Å². The van der Waals surface area contributed by atoms with Crippen molar-refractivity contribution in [1.29, 1.82) is 5.26 Å². The van der Waals surface area contributed by atoms with E-state index < -0.39 is 0 Å². The summed E-state index contributed by atoms with van der Waals surface area (Å²) in [6.45, 7) is 3.95. The number of benzene rings is 1. The Morgan fingerprint density at radius 1 is 1.39 bits per heavy atom. The molecule has 0 unspecified atom stereocenters. The van der Waals surface area contributed by atoms with Gasteiger partial charge in [0, 0.05) is 18.2 Å². The highest BCUT2D eigenvalue weighted by atomic mass is 16.7. The summed E-state index contributed by atoms with van der Waals surface area (Å²) in [6.07, 6.45) is 0.965. The van der Waals surface area contributed by atoms with E-state index in [4.69, 9.17) is 14.7 Å². The Kier molecular flexibility index (Phi) is 3.90. The molecule has 0 aliphatic carbocycles. The molecule has 1 N–H and O–H groups in total. The van der Waals surface area contributed by atoms with Gasteiger partial charge in [-0.25, -0.2) is 0 Å². The normalized spacial score (nSPS) is 12.7. The van der Waals surface area contributed by atoms with Crippen LogP contribution < -0.4 is 9.47 Å². The lowest BCUT2D eigenvalue weighted by Gasteiger charge is -2.18. The van der Waals surface area contributed by atoms with Gasteiger partial charge in [-0.3, -0.25) is 4.90 Å². The molecule has 18 heavy (non-hydrogen) atoms. The van der Waals surface area contributed by atoms with Gasteiger partial charge in [0.15, 0.2) is 11.5 Å². The van der Waals surface area contributed by atoms with E-state index in [-0.39, 0.29) is 12.5 Å². The van der Waals surface area contributed by atoms with Crippen LogP contribution in [0.15, 0.2) is 12.1 Å². The molecule has 1 aromatic rings. The Bertz CT molecular complexity index is 468. The number of nitrogens with zero attached hydrogens (tertiary/aromatic N) is 2. The number of ether oxygens (including phenoxy) is 2. The summed E-state index contributed by atoms with van der Waals surface area (Å²) < 4.78 is 10.5. The molecule has 1 aromatic carbocycles. The Balaban J connectivity index is 2.15. The number of fused-ring (bicyclic) bond motifs is 1. The fraction of sp³-hybridized carbons (Fsp3) is 0.462. The average molecular weight is 248 g/mol. The molecule has 0 saturated carbocycles. The second-order valence-electron chi connectivity index (χ2n) is 4.20. The van der Waals surface area contributed by atoms with Crippen LogP contribution in [0, 0.1) is 11.3 Å². The molecule has 0 radical (unpaired) electrons. The third-order valence-corrected chi connectivity index (χ3v) is 2.80. The van der Waals surface area contributed by atoms with E-state index in [1.165, 1.54) is 0 Å². The third-order valence-electron chi connectivity index (χ3n) is 2.80. The summed E-state index contributed by atoms with van der Waals surface area (Å²) in [5, 5.41) is 18.7. The summed E-state index contributed by atoms with van der Waals surface area (Å²) in [4.78, 5) is 1.98. The minimum atomic E-state index is 0.179. The van der Waals surface area contributed by atoms with Crippen LogP contribution in [0.1, 0.15) is 18.9 Å². The lowest BCUT2D eigenvalue weighted by atomic mass is 10.1. The molecule has 0 atom stereocenters. The molecular formula is C13H16N2O3. The number of rotatable bonds is 5. The number of aromatic hydroxyl groups is 1. The molecular weight excluding hydrogens is 232 g/mol. The summed E-state index contributed by atoms with van der Waals surface area (Å²) in [5.41, 5.74) is 0.753. The van der Waals surface area contributed by atoms with Crippen LogP contribution in [0.3, 0.4) is 0 Å². The Morgan fingerprint density at radius 3 is 2.78 bits per heavy atom. The second kappa shape index (κ2) is 5.61. The zero-order valence-electron chi connectivity index (χ0n) is 10.3. The van der Waals surface area contributed by atoms with Crippen LogP contribution in [-0.2, 0) is 6.54 Å². The minimum Gasteiger partial charge on any atom is -0.507 e. The average Bonchev–Trinajstić information content (AvgIpc) is 2.77. The van der Waals surface area contributed by atoms with Crippen LogP contribution in [0.5, 0.6) is 17.2 Å². The highest BCUT2D eigenvalue weighted by molar-refractivity contribution is 5.51. The van der Waals surface area contributed by atoms with Crippen molar-refractivity contribution in [3.05, 3.63) is 17.7 Å². The molecule has 0 fully saturated rings. The minimum absolute atomic E-state index is 0.179. The molecule has 0 spiro atoms. The van der Waals surface area contributed by atoms with E-state index in [9.17, 15) is 5.11 Å². The molecule has 5 nitrogen and oxygen atoms in total. The summed E-state index contributed by atoms with van der Waals surface area (Å²) >= 11 is 0. The highest BCUT2D eigenvalue weighted by Gasteiger charge is 2.18. The second-order valence-corrected chi connectivity index (χ2v) is 4.20. The van der Waals surface area contributed by atoms with Crippen molar-refractivity contribution in [1.82, 2.24) is 4.90 Å². The number of phenols is 1. The van der Waals surface area contributed by atoms with Crippen molar-refractivity contribution < 1.29 is 14.6 Å². The van der Waals surface area contributed by atoms with E-state index in [1.54, 1.807) is 12.1 Å². The maximum Gasteiger partial charge on any atom is 0.231 e. The smallest absolute Gasteiger partial charge is 0.231 e. The summed E-state index contributed by atoms with van der Waals surface area (Å²) in [7, 11) is 0. The maximum atomic E-state index is 9.91. The van der Waals surface area contributed by atoms with Crippen LogP contribution in [0.25, 0.3) is 0 Å². The highest BCUT2D eigenvalue weighted by Crippen LogP contribution is 2.37. The lowest BCUT2D eigenvalue weighted by molar-refractivity contribution is 0.174. The molecule has 0 aromatic heterocycles. The van der Waals surface area contributed by atoms with Crippen molar-refractivity contribution in [2.45, 2.75) is 19.9 Å². The zero-order chi connectivity index (χ0) is 13.0. The lowest BCUT2D eigenvalue weighted by Crippen LogP contribution is -2.24. The molecule has 2 rings (SSSR count). The van der Waals surface area contributed by atoms with Crippen molar-refractivity contribution in [2.75, 3.05) is 19.9 Å². The van der Waals surface area contributed by atoms with Gasteiger partial charge in [-0.1, -0.05) is 6.92 Å². The zero-order valence-corrected chi connectivity index (χ0v) is 10.3. The molecule has 1 aliphatic rings. The van der Waals surface area contributed by atoms with Gasteiger partial charge in [0.05, 0.1) is 12.6 Å². The third kappa shape index (κ3) is 2.66. The number of phenolic OH excluding ortho intramolecular Hbond substituents is 1. The van der Waals surface area contributed by atoms with Crippen molar-refractivity contribution in [3.63, 3.8) is 0 Å². The fourth-order valence-electron chi connectivity index (χ4n) is 1.97. The summed E-state index contributed by atoms with van der Waals surface area (Å²) in [6, 6.07) is 5.47. The predicted octanol–water partition coefficient (Wildman–Crippen LogP) is 1.86. The summed E-state index contributed by atoms with van der Waals surface area (Å²) in [5.74, 6) is 1.40. The quantitative estimate of drug-likeness (QED) is 0.806. The molecule has 1 aliphatic heterocycles. The van der Waals surface area contributed by atoms with Crippen LogP contribution in [0.2, 0.25) is 0 Å². The van der Waals surface area contributed by atoms with E-state index in [1.807, 2.05) is 4.90 Å². The molecule has 0 bridgehead atoms. The van der Waals surface area contributed by atoms with Crippen molar-refractivity contribution in [3.8, 4) is 23.3 Å². The first-order valence-electron chi connectivity index (χ1n) is 5.95. The predicted molar refractivity (Wildman–Crippen MR) is 65.4 cm³/mol. The standard InChI is InChI=1S/C13H16N2O3/c1-2-4-15(5-3-14)8-10-6-12-13(7-11(10)16)18-9-17-12/h6-7,16H,2,4-5,8-9H2,1H3. The number of hydrogen-bond acceptors (Lipinski definition) is 5. The van der Waals surface area contributed by atoms with Crippen LogP contribution >= 0.6 is 0 Å². The van der Waals surface area contributed by atoms with Gasteiger partial charge >= 0.3 is 0 Å². The molecule has 0 amide bonds. The Hall–Kier alpha value is -1.93. The SMILES string of the molecule is CCCN(CC#N)Cc1cc2c(cc1O)OCO2. The first-order valence-corrected chi connectivity index (χ1v) is 5.95. The van der Waals surface area contributed by atoms with Gasteiger partial charge in [-0.05, 0) is 19.0 Å². The maximum absolute atomic E-state index is 9.91. The molecule has 5 heteroatoms. The molecule has 96 valence electrons. The Morgan fingerprint density at radius 2 is 2.11 bits per heavy atom. The van der Waals surface area contributed by atoms with E-state index in [0.29, 0.717) is 24.6 Å². The molecule has 1 heterocycles. The Labute approximate surface area is 106 Å². The number of hydrogen-bond donors (Lipinski definition) is 1.